The number of Topliss-reactive ketones (excluding diaryl/α,β-unsaturated/α-hetero) is 1. The van der Waals surface area contributed by atoms with E-state index in [9.17, 15) is 4.79 Å². The smallest absolute Gasteiger partial charge is 0.189 e. The van der Waals surface area contributed by atoms with Gasteiger partial charge in [0.05, 0.1) is 0 Å². The molecule has 0 radical (unpaired) electrons. The van der Waals surface area contributed by atoms with Crippen LogP contribution in [0.25, 0.3) is 0 Å². The van der Waals surface area contributed by atoms with E-state index in [2.05, 4.69) is 22.0 Å². The predicted octanol–water partition coefficient (Wildman–Crippen LogP) is 4.44. The van der Waals surface area contributed by atoms with Gasteiger partial charge in [-0.25, -0.2) is 0 Å². The standard InChI is InChI=1S/C14H15BrO/c1-10-6-5-9-12(13(10)15)14(16)11-7-3-2-4-8-11/h5-7,9H,2-4,8H2,1H3. The number of carbonyl (C=O) groups excluding carboxylic acids is 1. The predicted molar refractivity (Wildman–Crippen MR) is 69.8 cm³/mol. The fraction of sp³-hybridized carbons (Fsp3) is 0.357. The van der Waals surface area contributed by atoms with Crippen LogP contribution in [0.2, 0.25) is 0 Å². The Morgan fingerprint density at radius 3 is 2.81 bits per heavy atom. The lowest BCUT2D eigenvalue weighted by molar-refractivity contribution is 0.102. The molecule has 1 aliphatic carbocycles. The van der Waals surface area contributed by atoms with Crippen LogP contribution < -0.4 is 0 Å². The van der Waals surface area contributed by atoms with Gasteiger partial charge < -0.3 is 0 Å². The number of ketones is 1. The maximum Gasteiger partial charge on any atom is 0.189 e. The van der Waals surface area contributed by atoms with Crippen LogP contribution in [-0.4, -0.2) is 5.78 Å². The van der Waals surface area contributed by atoms with Gasteiger partial charge in [-0.1, -0.05) is 18.2 Å². The average molecular weight is 279 g/mol. The molecule has 0 spiro atoms. The lowest BCUT2D eigenvalue weighted by Gasteiger charge is -2.13. The largest absolute Gasteiger partial charge is 0.289 e. The maximum atomic E-state index is 12.3. The molecule has 2 heteroatoms. The van der Waals surface area contributed by atoms with Gasteiger partial charge in [0.15, 0.2) is 5.78 Å². The highest BCUT2D eigenvalue weighted by atomic mass is 79.9. The summed E-state index contributed by atoms with van der Waals surface area (Å²) in [6.07, 6.45) is 6.43. The number of rotatable bonds is 2. The first-order valence-corrected chi connectivity index (χ1v) is 6.48. The molecule has 0 N–H and O–H groups in total. The second-order valence-electron chi connectivity index (χ2n) is 4.24. The summed E-state index contributed by atoms with van der Waals surface area (Å²) in [6, 6.07) is 5.85. The number of hydrogen-bond donors (Lipinski definition) is 0. The van der Waals surface area contributed by atoms with E-state index >= 15 is 0 Å². The van der Waals surface area contributed by atoms with Crippen molar-refractivity contribution in [3.8, 4) is 0 Å². The van der Waals surface area contributed by atoms with Gasteiger partial charge in [0.1, 0.15) is 0 Å². The van der Waals surface area contributed by atoms with Gasteiger partial charge in [-0.3, -0.25) is 4.79 Å². The molecule has 0 saturated carbocycles. The van der Waals surface area contributed by atoms with Gasteiger partial charge in [-0.2, -0.15) is 0 Å². The summed E-state index contributed by atoms with van der Waals surface area (Å²) >= 11 is 3.50. The topological polar surface area (TPSA) is 17.1 Å². The quantitative estimate of drug-likeness (QED) is 0.731. The fourth-order valence-corrected chi connectivity index (χ4v) is 2.48. The summed E-state index contributed by atoms with van der Waals surface area (Å²) < 4.78 is 0.937. The van der Waals surface area contributed by atoms with Crippen molar-refractivity contribution in [2.75, 3.05) is 0 Å². The monoisotopic (exact) mass is 278 g/mol. The summed E-state index contributed by atoms with van der Waals surface area (Å²) in [5.41, 5.74) is 2.90. The van der Waals surface area contributed by atoms with Gasteiger partial charge in [0, 0.05) is 10.0 Å². The van der Waals surface area contributed by atoms with Crippen LogP contribution in [0.4, 0.5) is 0 Å². The van der Waals surface area contributed by atoms with Crippen molar-refractivity contribution in [2.24, 2.45) is 0 Å². The third-order valence-corrected chi connectivity index (χ3v) is 4.07. The minimum atomic E-state index is 0.190. The molecule has 0 bridgehead atoms. The number of carbonyl (C=O) groups is 1. The zero-order chi connectivity index (χ0) is 11.5. The van der Waals surface area contributed by atoms with Crippen LogP contribution in [0.3, 0.4) is 0 Å². The number of benzene rings is 1. The summed E-state index contributed by atoms with van der Waals surface area (Å²) in [7, 11) is 0. The molecule has 0 unspecified atom stereocenters. The van der Waals surface area contributed by atoms with Crippen molar-refractivity contribution >= 4 is 21.7 Å². The Bertz CT molecular complexity index is 446. The molecule has 0 amide bonds. The molecule has 1 aromatic rings. The minimum Gasteiger partial charge on any atom is -0.289 e. The Morgan fingerprint density at radius 2 is 2.12 bits per heavy atom. The molecule has 0 heterocycles. The van der Waals surface area contributed by atoms with E-state index in [4.69, 9.17) is 0 Å². The van der Waals surface area contributed by atoms with Crippen molar-refractivity contribution in [3.05, 3.63) is 45.4 Å². The summed E-state index contributed by atoms with van der Waals surface area (Å²) in [4.78, 5) is 12.3. The highest BCUT2D eigenvalue weighted by molar-refractivity contribution is 9.10. The molecule has 0 fully saturated rings. The molecule has 0 saturated heterocycles. The average Bonchev–Trinajstić information content (AvgIpc) is 2.33. The molecule has 1 aromatic carbocycles. The first-order chi connectivity index (χ1) is 7.70. The Hall–Kier alpha value is -0.890. The van der Waals surface area contributed by atoms with Gasteiger partial charge in [-0.15, -0.1) is 0 Å². The molecule has 84 valence electrons. The number of allylic oxidation sites excluding steroid dienone is 2. The SMILES string of the molecule is Cc1cccc(C(=O)C2=CCCCC2)c1Br. The van der Waals surface area contributed by atoms with Crippen molar-refractivity contribution in [2.45, 2.75) is 32.6 Å². The number of hydrogen-bond acceptors (Lipinski definition) is 1. The molecule has 16 heavy (non-hydrogen) atoms. The van der Waals surface area contributed by atoms with Gasteiger partial charge in [0.2, 0.25) is 0 Å². The summed E-state index contributed by atoms with van der Waals surface area (Å²) in [5, 5.41) is 0. The fourth-order valence-electron chi connectivity index (χ4n) is 2.04. The van der Waals surface area contributed by atoms with Gasteiger partial charge in [-0.05, 0) is 65.7 Å². The van der Waals surface area contributed by atoms with E-state index < -0.39 is 0 Å². The minimum absolute atomic E-state index is 0.190. The van der Waals surface area contributed by atoms with Crippen LogP contribution in [0.1, 0.15) is 41.6 Å². The molecule has 0 aliphatic heterocycles. The number of halogens is 1. The summed E-state index contributed by atoms with van der Waals surface area (Å²) in [5.74, 6) is 0.190. The lowest BCUT2D eigenvalue weighted by Crippen LogP contribution is -2.07. The van der Waals surface area contributed by atoms with E-state index in [1.807, 2.05) is 25.1 Å². The molecule has 1 nitrogen and oxygen atoms in total. The molecule has 1 aliphatic rings. The van der Waals surface area contributed by atoms with Crippen LogP contribution in [-0.2, 0) is 0 Å². The van der Waals surface area contributed by atoms with E-state index in [1.165, 1.54) is 6.42 Å². The maximum absolute atomic E-state index is 12.3. The molecular weight excluding hydrogens is 264 g/mol. The van der Waals surface area contributed by atoms with Crippen molar-refractivity contribution in [1.29, 1.82) is 0 Å². The number of aryl methyl sites for hydroxylation is 1. The van der Waals surface area contributed by atoms with Crippen LogP contribution in [0.15, 0.2) is 34.3 Å². The Labute approximate surface area is 105 Å². The van der Waals surface area contributed by atoms with Crippen molar-refractivity contribution in [3.63, 3.8) is 0 Å². The van der Waals surface area contributed by atoms with E-state index in [1.54, 1.807) is 0 Å². The third kappa shape index (κ3) is 2.27. The first kappa shape index (κ1) is 11.6. The normalized spacial score (nSPS) is 15.8. The van der Waals surface area contributed by atoms with Gasteiger partial charge in [0.25, 0.3) is 0 Å². The van der Waals surface area contributed by atoms with E-state index in [0.717, 1.165) is 40.4 Å². The van der Waals surface area contributed by atoms with Crippen LogP contribution >= 0.6 is 15.9 Å². The second kappa shape index (κ2) is 4.96. The lowest BCUT2D eigenvalue weighted by atomic mass is 9.92. The molecular formula is C14H15BrO. The molecule has 0 atom stereocenters. The highest BCUT2D eigenvalue weighted by Gasteiger charge is 2.17. The van der Waals surface area contributed by atoms with E-state index in [0.29, 0.717) is 0 Å². The zero-order valence-electron chi connectivity index (χ0n) is 9.42. The Morgan fingerprint density at radius 1 is 1.31 bits per heavy atom. The van der Waals surface area contributed by atoms with Gasteiger partial charge >= 0.3 is 0 Å². The zero-order valence-corrected chi connectivity index (χ0v) is 11.0. The second-order valence-corrected chi connectivity index (χ2v) is 5.03. The first-order valence-electron chi connectivity index (χ1n) is 5.69. The molecule has 0 aromatic heterocycles. The Balaban J connectivity index is 2.33. The highest BCUT2D eigenvalue weighted by Crippen LogP contribution is 2.27. The summed E-state index contributed by atoms with van der Waals surface area (Å²) in [6.45, 7) is 2.01. The van der Waals surface area contributed by atoms with Crippen LogP contribution in [0, 0.1) is 6.92 Å². The van der Waals surface area contributed by atoms with Crippen LogP contribution in [0.5, 0.6) is 0 Å². The van der Waals surface area contributed by atoms with Crippen molar-refractivity contribution in [1.82, 2.24) is 0 Å². The molecule has 2 rings (SSSR count). The third-order valence-electron chi connectivity index (χ3n) is 3.02. The van der Waals surface area contributed by atoms with E-state index in [-0.39, 0.29) is 5.78 Å². The van der Waals surface area contributed by atoms with Crippen molar-refractivity contribution < 1.29 is 4.79 Å². The Kier molecular flexibility index (Phi) is 3.59.